The summed E-state index contributed by atoms with van der Waals surface area (Å²) in [6.45, 7) is 1.78. The average Bonchev–Trinajstić information content (AvgIpc) is 2.72. The van der Waals surface area contributed by atoms with Gasteiger partial charge in [0, 0.05) is 24.3 Å². The summed E-state index contributed by atoms with van der Waals surface area (Å²) in [5.74, 6) is 0. The zero-order valence-electron chi connectivity index (χ0n) is 10.9. The Morgan fingerprint density at radius 3 is 2.40 bits per heavy atom. The third-order valence-corrected chi connectivity index (χ3v) is 6.38. The van der Waals surface area contributed by atoms with E-state index in [0.717, 1.165) is 5.56 Å². The van der Waals surface area contributed by atoms with Crippen LogP contribution in [0, 0.1) is 6.92 Å². The van der Waals surface area contributed by atoms with Gasteiger partial charge in [-0.05, 0) is 24.6 Å². The van der Waals surface area contributed by atoms with Crippen molar-refractivity contribution in [2.24, 2.45) is 0 Å². The molecule has 1 N–H and O–H groups in total. The van der Waals surface area contributed by atoms with Gasteiger partial charge in [-0.1, -0.05) is 35.1 Å². The molecule has 0 bridgehead atoms. The molecule has 0 spiro atoms. The molecule has 0 atom stereocenters. The van der Waals surface area contributed by atoms with Crippen molar-refractivity contribution in [3.8, 4) is 0 Å². The second-order valence-electron chi connectivity index (χ2n) is 4.31. The number of sulfonamides is 1. The van der Waals surface area contributed by atoms with Gasteiger partial charge in [0.05, 0.1) is 0 Å². The maximum Gasteiger partial charge on any atom is 0.305 e. The van der Waals surface area contributed by atoms with Crippen molar-refractivity contribution in [3.63, 3.8) is 0 Å². The SMILES string of the molecule is Cc1[nH]c(=O)sc1S(=O)(=O)N(C)Cc1ccc(Cl)cc1. The average molecular weight is 333 g/mol. The Bertz CT molecular complexity index is 763. The molecule has 108 valence electrons. The van der Waals surface area contributed by atoms with E-state index in [9.17, 15) is 13.2 Å². The minimum absolute atomic E-state index is 0.0546. The molecule has 1 heterocycles. The summed E-state index contributed by atoms with van der Waals surface area (Å²) in [6, 6.07) is 6.94. The fourth-order valence-electron chi connectivity index (χ4n) is 1.71. The number of H-pyrrole nitrogens is 1. The largest absolute Gasteiger partial charge is 0.315 e. The Kier molecular flexibility index (Phi) is 4.33. The van der Waals surface area contributed by atoms with Gasteiger partial charge in [0.2, 0.25) is 0 Å². The minimum atomic E-state index is -3.67. The maximum atomic E-state index is 12.4. The Labute approximate surface area is 125 Å². The Morgan fingerprint density at radius 2 is 1.90 bits per heavy atom. The molecule has 2 aromatic rings. The van der Waals surface area contributed by atoms with Crippen molar-refractivity contribution in [1.82, 2.24) is 9.29 Å². The first-order chi connectivity index (χ1) is 9.30. The summed E-state index contributed by atoms with van der Waals surface area (Å²) < 4.78 is 26.0. The number of rotatable bonds is 4. The molecule has 0 aliphatic carbocycles. The molecule has 20 heavy (non-hydrogen) atoms. The molecular weight excluding hydrogens is 320 g/mol. The lowest BCUT2D eigenvalue weighted by atomic mass is 10.2. The number of aromatic amines is 1. The highest BCUT2D eigenvalue weighted by Crippen LogP contribution is 2.22. The van der Waals surface area contributed by atoms with E-state index < -0.39 is 10.0 Å². The van der Waals surface area contributed by atoms with Crippen LogP contribution >= 0.6 is 22.9 Å². The van der Waals surface area contributed by atoms with Crippen LogP contribution in [0.1, 0.15) is 11.3 Å². The second-order valence-corrected chi connectivity index (χ2v) is 7.97. The van der Waals surface area contributed by atoms with Gasteiger partial charge in [0.25, 0.3) is 10.0 Å². The van der Waals surface area contributed by atoms with Crippen LogP contribution < -0.4 is 4.87 Å². The van der Waals surface area contributed by atoms with E-state index in [4.69, 9.17) is 11.6 Å². The first-order valence-electron chi connectivity index (χ1n) is 5.71. The molecule has 5 nitrogen and oxygen atoms in total. The van der Waals surface area contributed by atoms with Gasteiger partial charge in [0.15, 0.2) is 4.21 Å². The van der Waals surface area contributed by atoms with Crippen LogP contribution in [0.4, 0.5) is 0 Å². The fraction of sp³-hybridized carbons (Fsp3) is 0.250. The van der Waals surface area contributed by atoms with Crippen LogP contribution in [0.5, 0.6) is 0 Å². The van der Waals surface area contributed by atoms with E-state index in [1.807, 2.05) is 0 Å². The van der Waals surface area contributed by atoms with Gasteiger partial charge in [-0.2, -0.15) is 4.31 Å². The predicted octanol–water partition coefficient (Wildman–Crippen LogP) is 2.22. The second kappa shape index (κ2) is 5.69. The lowest BCUT2D eigenvalue weighted by molar-refractivity contribution is 0.468. The molecule has 1 aromatic carbocycles. The number of halogens is 1. The van der Waals surface area contributed by atoms with Crippen molar-refractivity contribution < 1.29 is 8.42 Å². The van der Waals surface area contributed by atoms with E-state index >= 15 is 0 Å². The first-order valence-corrected chi connectivity index (χ1v) is 8.34. The van der Waals surface area contributed by atoms with Crippen molar-refractivity contribution in [2.45, 2.75) is 17.7 Å². The summed E-state index contributed by atoms with van der Waals surface area (Å²) in [5, 5.41) is 0.596. The third kappa shape index (κ3) is 3.12. The maximum absolute atomic E-state index is 12.4. The number of hydrogen-bond donors (Lipinski definition) is 1. The monoisotopic (exact) mass is 332 g/mol. The molecule has 0 radical (unpaired) electrons. The van der Waals surface area contributed by atoms with E-state index in [1.165, 1.54) is 11.4 Å². The minimum Gasteiger partial charge on any atom is -0.315 e. The van der Waals surface area contributed by atoms with Gasteiger partial charge >= 0.3 is 4.87 Å². The highest BCUT2D eigenvalue weighted by molar-refractivity contribution is 7.91. The summed E-state index contributed by atoms with van der Waals surface area (Å²) in [7, 11) is -2.19. The number of hydrogen-bond acceptors (Lipinski definition) is 4. The molecule has 0 saturated heterocycles. The summed E-state index contributed by atoms with van der Waals surface area (Å²) in [5.41, 5.74) is 1.18. The van der Waals surface area contributed by atoms with Crippen molar-refractivity contribution in [1.29, 1.82) is 0 Å². The Morgan fingerprint density at radius 1 is 1.30 bits per heavy atom. The van der Waals surface area contributed by atoms with E-state index in [-0.39, 0.29) is 15.6 Å². The molecule has 0 amide bonds. The van der Waals surface area contributed by atoms with Crippen LogP contribution in [-0.2, 0) is 16.6 Å². The van der Waals surface area contributed by atoms with Crippen molar-refractivity contribution >= 4 is 33.0 Å². The molecule has 0 aliphatic rings. The van der Waals surface area contributed by atoms with Crippen LogP contribution in [0.3, 0.4) is 0 Å². The lowest BCUT2D eigenvalue weighted by Gasteiger charge is -2.16. The van der Waals surface area contributed by atoms with Gasteiger partial charge in [-0.15, -0.1) is 0 Å². The molecule has 0 aliphatic heterocycles. The molecule has 0 unspecified atom stereocenters. The molecule has 0 saturated carbocycles. The smallest absolute Gasteiger partial charge is 0.305 e. The molecule has 0 fully saturated rings. The first kappa shape index (κ1) is 15.2. The third-order valence-electron chi connectivity index (χ3n) is 2.74. The Hall–Kier alpha value is -1.15. The standard InChI is InChI=1S/C12H13ClN2O3S2/c1-8-11(19-12(16)14-8)20(17,18)15(2)7-9-3-5-10(13)6-4-9/h3-6H,7H2,1-2H3,(H,14,16). The quantitative estimate of drug-likeness (QED) is 0.933. The summed E-state index contributed by atoms with van der Waals surface area (Å²) >= 11 is 6.49. The van der Waals surface area contributed by atoms with Crippen molar-refractivity contribution in [3.05, 3.63) is 50.2 Å². The zero-order valence-corrected chi connectivity index (χ0v) is 13.3. The number of benzene rings is 1. The van der Waals surface area contributed by atoms with Gasteiger partial charge in [0.1, 0.15) is 0 Å². The van der Waals surface area contributed by atoms with Crippen LogP contribution in [0.15, 0.2) is 33.3 Å². The molecule has 2 rings (SSSR count). The highest BCUT2D eigenvalue weighted by atomic mass is 35.5. The van der Waals surface area contributed by atoms with Gasteiger partial charge in [-0.25, -0.2) is 8.42 Å². The van der Waals surface area contributed by atoms with E-state index in [1.54, 1.807) is 31.2 Å². The summed E-state index contributed by atoms with van der Waals surface area (Å²) in [4.78, 5) is 13.3. The van der Waals surface area contributed by atoms with Crippen LogP contribution in [0.2, 0.25) is 5.02 Å². The lowest BCUT2D eigenvalue weighted by Crippen LogP contribution is -2.26. The number of nitrogens with zero attached hydrogens (tertiary/aromatic N) is 1. The predicted molar refractivity (Wildman–Crippen MR) is 79.8 cm³/mol. The highest BCUT2D eigenvalue weighted by Gasteiger charge is 2.25. The fourth-order valence-corrected chi connectivity index (χ4v) is 4.48. The molecule has 8 heteroatoms. The van der Waals surface area contributed by atoms with E-state index in [0.29, 0.717) is 22.1 Å². The van der Waals surface area contributed by atoms with Crippen molar-refractivity contribution in [2.75, 3.05) is 7.05 Å². The van der Waals surface area contributed by atoms with E-state index in [2.05, 4.69) is 4.98 Å². The number of aryl methyl sites for hydroxylation is 1. The topological polar surface area (TPSA) is 70.2 Å². The van der Waals surface area contributed by atoms with Crippen LogP contribution in [0.25, 0.3) is 0 Å². The molecule has 1 aromatic heterocycles. The Balaban J connectivity index is 2.28. The molecular formula is C12H13ClN2O3S2. The van der Waals surface area contributed by atoms with Crippen LogP contribution in [-0.4, -0.2) is 24.8 Å². The number of aromatic nitrogens is 1. The normalized spacial score (nSPS) is 12.0. The van der Waals surface area contributed by atoms with Gasteiger partial charge in [-0.3, -0.25) is 4.79 Å². The number of thiazole rings is 1. The van der Waals surface area contributed by atoms with Gasteiger partial charge < -0.3 is 4.98 Å². The zero-order chi connectivity index (χ0) is 14.9. The number of nitrogens with one attached hydrogen (secondary N) is 1. The summed E-state index contributed by atoms with van der Waals surface area (Å²) in [6.07, 6.45) is 0.